The Labute approximate surface area is 234 Å². The summed E-state index contributed by atoms with van der Waals surface area (Å²) in [5, 5.41) is 20.4. The van der Waals surface area contributed by atoms with E-state index in [1.54, 1.807) is 6.20 Å². The maximum absolute atomic E-state index is 9.69. The number of hydrogen-bond acceptors (Lipinski definition) is 9. The Balaban J connectivity index is 0.000000758. The van der Waals surface area contributed by atoms with E-state index in [9.17, 15) is 5.26 Å². The molecule has 2 aromatic carbocycles. The van der Waals surface area contributed by atoms with Crippen LogP contribution in [0.15, 0.2) is 54.7 Å². The van der Waals surface area contributed by atoms with Gasteiger partial charge in [-0.15, -0.1) is 0 Å². The molecule has 3 heterocycles. The number of carboxylic acids is 1. The number of rotatable bonds is 6. The summed E-state index contributed by atoms with van der Waals surface area (Å²) in [6.07, 6.45) is 4.45. The van der Waals surface area contributed by atoms with Crippen LogP contribution in [0.25, 0.3) is 11.3 Å². The minimum atomic E-state index is -0.833. The lowest BCUT2D eigenvalue weighted by Gasteiger charge is -2.36. The largest absolute Gasteiger partial charge is 0.481 e. The fourth-order valence-electron chi connectivity index (χ4n) is 5.08. The lowest BCUT2D eigenvalue weighted by molar-refractivity contribution is -0.134. The van der Waals surface area contributed by atoms with Crippen molar-refractivity contribution >= 4 is 29.0 Å². The van der Waals surface area contributed by atoms with Crippen molar-refractivity contribution in [1.82, 2.24) is 14.9 Å². The van der Waals surface area contributed by atoms with Crippen molar-refractivity contribution in [2.75, 3.05) is 67.6 Å². The van der Waals surface area contributed by atoms with Crippen molar-refractivity contribution in [2.24, 2.45) is 0 Å². The maximum atomic E-state index is 9.69. The van der Waals surface area contributed by atoms with Crippen LogP contribution < -0.4 is 15.1 Å². The second kappa shape index (κ2) is 12.8. The molecular formula is C30H35N7O3. The van der Waals surface area contributed by atoms with E-state index in [0.717, 1.165) is 88.1 Å². The van der Waals surface area contributed by atoms with E-state index in [1.165, 1.54) is 18.5 Å². The molecule has 3 aromatic rings. The number of hydrogen-bond donors (Lipinski definition) is 2. The molecule has 2 N–H and O–H groups in total. The number of nitriles is 1. The molecule has 3 aliphatic rings. The standard InChI is InChI=1S/C28H31N7O.C2H4O2/c29-20-21-17-22(19-26(18-21)34-11-9-33(10-12-34)25-5-6-25)27-7-8-30-28(32-27)31-23-1-3-24(4-2-23)35-13-15-36-16-14-35;1-2(3)4/h1-4,7-8,17-19,25H,5-6,9-16H2,(H,30,31,32);1H3,(H,3,4). The van der Waals surface area contributed by atoms with Gasteiger partial charge in [0.1, 0.15) is 0 Å². The third kappa shape index (κ3) is 7.25. The van der Waals surface area contributed by atoms with E-state index in [-0.39, 0.29) is 0 Å². The second-order valence-electron chi connectivity index (χ2n) is 10.2. The predicted octanol–water partition coefficient (Wildman–Crippen LogP) is 3.97. The minimum Gasteiger partial charge on any atom is -0.481 e. The van der Waals surface area contributed by atoms with Crippen LogP contribution in [-0.2, 0) is 9.53 Å². The summed E-state index contributed by atoms with van der Waals surface area (Å²) in [6.45, 7) is 8.60. The molecule has 1 aromatic heterocycles. The number of piperazine rings is 1. The van der Waals surface area contributed by atoms with Gasteiger partial charge in [-0.2, -0.15) is 5.26 Å². The van der Waals surface area contributed by atoms with Gasteiger partial charge in [0, 0.05) is 81.1 Å². The van der Waals surface area contributed by atoms with Crippen molar-refractivity contribution in [3.05, 3.63) is 60.3 Å². The van der Waals surface area contributed by atoms with Crippen molar-refractivity contribution in [2.45, 2.75) is 25.8 Å². The normalized spacial score (nSPS) is 17.4. The number of ether oxygens (including phenoxy) is 1. The van der Waals surface area contributed by atoms with Gasteiger partial charge in [0.2, 0.25) is 5.95 Å². The Bertz CT molecular complexity index is 1340. The zero-order valence-electron chi connectivity index (χ0n) is 22.8. The molecule has 10 heteroatoms. The summed E-state index contributed by atoms with van der Waals surface area (Å²) < 4.78 is 5.45. The van der Waals surface area contributed by atoms with Crippen LogP contribution in [0.1, 0.15) is 25.3 Å². The highest BCUT2D eigenvalue weighted by atomic mass is 16.5. The van der Waals surface area contributed by atoms with Crippen LogP contribution in [0.2, 0.25) is 0 Å². The predicted molar refractivity (Wildman–Crippen MR) is 155 cm³/mol. The molecular weight excluding hydrogens is 506 g/mol. The number of benzene rings is 2. The van der Waals surface area contributed by atoms with Crippen LogP contribution in [0.3, 0.4) is 0 Å². The van der Waals surface area contributed by atoms with Crippen LogP contribution in [0.5, 0.6) is 0 Å². The van der Waals surface area contributed by atoms with Crippen molar-refractivity contribution < 1.29 is 14.6 Å². The number of nitrogens with one attached hydrogen (secondary N) is 1. The Hall–Kier alpha value is -4.20. The smallest absolute Gasteiger partial charge is 0.300 e. The van der Waals surface area contributed by atoms with E-state index >= 15 is 0 Å². The highest BCUT2D eigenvalue weighted by Gasteiger charge is 2.31. The van der Waals surface area contributed by atoms with Gasteiger partial charge >= 0.3 is 0 Å². The molecule has 0 spiro atoms. The zero-order chi connectivity index (χ0) is 27.9. The molecule has 6 rings (SSSR count). The van der Waals surface area contributed by atoms with Crippen LogP contribution >= 0.6 is 0 Å². The Morgan fingerprint density at radius 3 is 2.30 bits per heavy atom. The molecule has 0 unspecified atom stereocenters. The van der Waals surface area contributed by atoms with Gasteiger partial charge in [-0.1, -0.05) is 0 Å². The molecule has 10 nitrogen and oxygen atoms in total. The Morgan fingerprint density at radius 1 is 0.975 bits per heavy atom. The molecule has 2 aliphatic heterocycles. The van der Waals surface area contributed by atoms with E-state index in [0.29, 0.717) is 11.5 Å². The molecule has 40 heavy (non-hydrogen) atoms. The van der Waals surface area contributed by atoms with Crippen LogP contribution in [-0.4, -0.2) is 84.5 Å². The Kier molecular flexibility index (Phi) is 8.74. The summed E-state index contributed by atoms with van der Waals surface area (Å²) in [5.41, 5.74) is 5.60. The van der Waals surface area contributed by atoms with Gasteiger partial charge in [0.25, 0.3) is 5.97 Å². The first-order valence-corrected chi connectivity index (χ1v) is 13.8. The summed E-state index contributed by atoms with van der Waals surface area (Å²) in [5.74, 6) is -0.298. The van der Waals surface area contributed by atoms with Crippen molar-refractivity contribution in [1.29, 1.82) is 5.26 Å². The number of aliphatic carboxylic acids is 1. The summed E-state index contributed by atoms with van der Waals surface area (Å²) >= 11 is 0. The first-order valence-electron chi connectivity index (χ1n) is 13.8. The number of anilines is 4. The maximum Gasteiger partial charge on any atom is 0.300 e. The monoisotopic (exact) mass is 541 g/mol. The molecule has 1 saturated carbocycles. The summed E-state index contributed by atoms with van der Waals surface area (Å²) in [7, 11) is 0. The topological polar surface area (TPSA) is 118 Å². The van der Waals surface area contributed by atoms with Crippen LogP contribution in [0, 0.1) is 11.3 Å². The third-order valence-corrected chi connectivity index (χ3v) is 7.24. The molecule has 0 amide bonds. The fourth-order valence-corrected chi connectivity index (χ4v) is 5.08. The number of aromatic nitrogens is 2. The molecule has 208 valence electrons. The first kappa shape index (κ1) is 27.4. The van der Waals surface area contributed by atoms with E-state index in [2.05, 4.69) is 61.4 Å². The number of carboxylic acid groups (broad SMARTS) is 1. The minimum absolute atomic E-state index is 0.536. The van der Waals surface area contributed by atoms with Gasteiger partial charge in [0.05, 0.1) is 30.5 Å². The number of carbonyl (C=O) groups is 1. The lowest BCUT2D eigenvalue weighted by Crippen LogP contribution is -2.47. The highest BCUT2D eigenvalue weighted by molar-refractivity contribution is 5.70. The SMILES string of the molecule is CC(=O)O.N#Cc1cc(-c2ccnc(Nc3ccc(N4CCOCC4)cc3)n2)cc(N2CCN(C3CC3)CC2)c1. The summed E-state index contributed by atoms with van der Waals surface area (Å²) in [4.78, 5) is 25.5. The molecule has 0 bridgehead atoms. The van der Waals surface area contributed by atoms with E-state index < -0.39 is 5.97 Å². The van der Waals surface area contributed by atoms with Gasteiger partial charge in [-0.05, 0) is 61.4 Å². The zero-order valence-corrected chi connectivity index (χ0v) is 22.8. The highest BCUT2D eigenvalue weighted by Crippen LogP contribution is 2.31. The number of nitrogens with zero attached hydrogens (tertiary/aromatic N) is 6. The molecule has 0 atom stereocenters. The van der Waals surface area contributed by atoms with Crippen molar-refractivity contribution in [3.63, 3.8) is 0 Å². The average molecular weight is 542 g/mol. The van der Waals surface area contributed by atoms with Gasteiger partial charge in [0.15, 0.2) is 0 Å². The lowest BCUT2D eigenvalue weighted by atomic mass is 10.1. The number of morpholine rings is 1. The average Bonchev–Trinajstić information content (AvgIpc) is 3.84. The van der Waals surface area contributed by atoms with Gasteiger partial charge in [-0.25, -0.2) is 9.97 Å². The quantitative estimate of drug-likeness (QED) is 0.475. The first-order chi connectivity index (χ1) is 19.5. The van der Waals surface area contributed by atoms with Crippen molar-refractivity contribution in [3.8, 4) is 17.3 Å². The van der Waals surface area contributed by atoms with Gasteiger partial charge < -0.3 is 25.0 Å². The Morgan fingerprint density at radius 2 is 1.65 bits per heavy atom. The summed E-state index contributed by atoms with van der Waals surface area (Å²) in [6, 6.07) is 19.4. The van der Waals surface area contributed by atoms with E-state index in [1.807, 2.05) is 18.2 Å². The van der Waals surface area contributed by atoms with E-state index in [4.69, 9.17) is 19.6 Å². The molecule has 0 radical (unpaired) electrons. The van der Waals surface area contributed by atoms with Gasteiger partial charge in [-0.3, -0.25) is 9.69 Å². The molecule has 1 aliphatic carbocycles. The second-order valence-corrected chi connectivity index (χ2v) is 10.2. The third-order valence-electron chi connectivity index (χ3n) is 7.24. The molecule has 3 fully saturated rings. The van der Waals surface area contributed by atoms with Crippen LogP contribution in [0.4, 0.5) is 23.0 Å². The molecule has 2 saturated heterocycles. The fraction of sp³-hybridized carbons (Fsp3) is 0.400.